The first kappa shape index (κ1) is 11.7. The fraction of sp³-hybridized carbons (Fsp3) is 0.0769. The molecule has 0 saturated heterocycles. The van der Waals surface area contributed by atoms with E-state index in [4.69, 9.17) is 0 Å². The van der Waals surface area contributed by atoms with E-state index in [1.54, 1.807) is 0 Å². The number of hydrogen-bond acceptors (Lipinski definition) is 2. The van der Waals surface area contributed by atoms with Crippen molar-refractivity contribution in [3.8, 4) is 0 Å². The molecule has 88 valence electrons. The Hall–Kier alpha value is -1.81. The summed E-state index contributed by atoms with van der Waals surface area (Å²) in [5, 5.41) is 3.02. The predicted octanol–water partition coefficient (Wildman–Crippen LogP) is 2.86. The third-order valence-electron chi connectivity index (χ3n) is 2.32. The van der Waals surface area contributed by atoms with Gasteiger partial charge in [-0.15, -0.1) is 0 Å². The number of rotatable bonds is 4. The van der Waals surface area contributed by atoms with Crippen molar-refractivity contribution in [2.24, 2.45) is 0 Å². The average Bonchev–Trinajstić information content (AvgIpc) is 2.40. The third-order valence-corrected chi connectivity index (χ3v) is 3.42. The minimum atomic E-state index is -1.24. The molecule has 0 spiro atoms. The van der Waals surface area contributed by atoms with Gasteiger partial charge in [0.1, 0.15) is 11.0 Å². The van der Waals surface area contributed by atoms with Crippen LogP contribution in [-0.2, 0) is 11.0 Å². The van der Waals surface area contributed by atoms with Gasteiger partial charge in [-0.1, -0.05) is 24.3 Å². The first-order chi connectivity index (χ1) is 8.29. The molecule has 3 nitrogen and oxygen atoms in total. The molecule has 0 aliphatic rings. The van der Waals surface area contributed by atoms with Gasteiger partial charge in [-0.25, -0.2) is 4.21 Å². The predicted molar refractivity (Wildman–Crippen MR) is 72.5 cm³/mol. The summed E-state index contributed by atoms with van der Waals surface area (Å²) in [6, 6.07) is 17.0. The van der Waals surface area contributed by atoms with E-state index in [-0.39, 0.29) is 0 Å². The van der Waals surface area contributed by atoms with E-state index in [1.165, 1.54) is 0 Å². The van der Waals surface area contributed by atoms with Crippen LogP contribution in [0.5, 0.6) is 0 Å². The van der Waals surface area contributed by atoms with Crippen LogP contribution in [0, 0.1) is 0 Å². The third kappa shape index (κ3) is 3.07. The summed E-state index contributed by atoms with van der Waals surface area (Å²) < 4.78 is 15.0. The lowest BCUT2D eigenvalue weighted by Crippen LogP contribution is -2.04. The van der Waals surface area contributed by atoms with Crippen molar-refractivity contribution in [2.75, 3.05) is 17.1 Å². The second-order valence-corrected chi connectivity index (χ2v) is 4.73. The van der Waals surface area contributed by atoms with E-state index < -0.39 is 11.0 Å². The van der Waals surface area contributed by atoms with Crippen molar-refractivity contribution in [3.63, 3.8) is 0 Å². The second-order valence-electron chi connectivity index (χ2n) is 3.51. The van der Waals surface area contributed by atoms with E-state index in [2.05, 4.69) is 10.0 Å². The van der Waals surface area contributed by atoms with Gasteiger partial charge in [0.25, 0.3) is 0 Å². The zero-order chi connectivity index (χ0) is 12.1. The van der Waals surface area contributed by atoms with E-state index in [0.29, 0.717) is 0 Å². The highest BCUT2D eigenvalue weighted by molar-refractivity contribution is 7.86. The monoisotopic (exact) mass is 246 g/mol. The molecule has 1 atom stereocenters. The molecule has 0 amide bonds. The highest BCUT2D eigenvalue weighted by Gasteiger charge is 2.04. The van der Waals surface area contributed by atoms with Crippen molar-refractivity contribution in [1.29, 1.82) is 0 Å². The SMILES string of the molecule is CNc1cccc(S(=O)Nc2ccccc2)c1. The fourth-order valence-electron chi connectivity index (χ4n) is 1.44. The summed E-state index contributed by atoms with van der Waals surface area (Å²) in [5.41, 5.74) is 1.80. The van der Waals surface area contributed by atoms with Crippen molar-refractivity contribution >= 4 is 22.4 Å². The van der Waals surface area contributed by atoms with Gasteiger partial charge >= 0.3 is 0 Å². The van der Waals surface area contributed by atoms with Crippen LogP contribution in [0.15, 0.2) is 59.5 Å². The van der Waals surface area contributed by atoms with E-state index >= 15 is 0 Å². The van der Waals surface area contributed by atoms with Crippen LogP contribution in [0.4, 0.5) is 11.4 Å². The number of anilines is 2. The Morgan fingerprint density at radius 3 is 2.35 bits per heavy atom. The largest absolute Gasteiger partial charge is 0.388 e. The summed E-state index contributed by atoms with van der Waals surface area (Å²) in [7, 11) is 0.604. The molecule has 2 aromatic rings. The molecule has 0 fully saturated rings. The molecule has 1 unspecified atom stereocenters. The molecule has 0 aliphatic heterocycles. The Kier molecular flexibility index (Phi) is 3.77. The van der Waals surface area contributed by atoms with Gasteiger partial charge in [0, 0.05) is 18.4 Å². The first-order valence-electron chi connectivity index (χ1n) is 5.31. The van der Waals surface area contributed by atoms with E-state index in [1.807, 2.05) is 61.6 Å². The van der Waals surface area contributed by atoms with Gasteiger partial charge in [0.05, 0.1) is 4.90 Å². The Bertz CT molecular complexity index is 514. The van der Waals surface area contributed by atoms with Crippen LogP contribution >= 0.6 is 0 Å². The minimum Gasteiger partial charge on any atom is -0.388 e. The van der Waals surface area contributed by atoms with Crippen molar-refractivity contribution < 1.29 is 4.21 Å². The fourth-order valence-corrected chi connectivity index (χ4v) is 2.34. The van der Waals surface area contributed by atoms with Crippen LogP contribution in [0.2, 0.25) is 0 Å². The van der Waals surface area contributed by atoms with Gasteiger partial charge in [-0.05, 0) is 30.3 Å². The maximum Gasteiger partial charge on any atom is 0.150 e. The molecular weight excluding hydrogens is 232 g/mol. The van der Waals surface area contributed by atoms with Crippen molar-refractivity contribution in [1.82, 2.24) is 0 Å². The number of benzene rings is 2. The van der Waals surface area contributed by atoms with E-state index in [9.17, 15) is 4.21 Å². The Labute approximate surface area is 103 Å². The molecule has 4 heteroatoms. The Morgan fingerprint density at radius 1 is 0.941 bits per heavy atom. The quantitative estimate of drug-likeness (QED) is 0.871. The molecule has 17 heavy (non-hydrogen) atoms. The molecule has 0 bridgehead atoms. The van der Waals surface area contributed by atoms with E-state index in [0.717, 1.165) is 16.3 Å². The normalized spacial score (nSPS) is 11.8. The molecule has 0 aliphatic carbocycles. The molecule has 2 rings (SSSR count). The summed E-state index contributed by atoms with van der Waals surface area (Å²) in [6.07, 6.45) is 0. The average molecular weight is 246 g/mol. The lowest BCUT2D eigenvalue weighted by atomic mass is 10.3. The number of nitrogens with one attached hydrogen (secondary N) is 2. The first-order valence-corrected chi connectivity index (χ1v) is 6.46. The lowest BCUT2D eigenvalue weighted by Gasteiger charge is -2.07. The van der Waals surface area contributed by atoms with Crippen molar-refractivity contribution in [3.05, 3.63) is 54.6 Å². The van der Waals surface area contributed by atoms with Crippen molar-refractivity contribution in [2.45, 2.75) is 4.90 Å². The smallest absolute Gasteiger partial charge is 0.150 e. The summed E-state index contributed by atoms with van der Waals surface area (Å²) in [5.74, 6) is 0. The molecule has 0 heterocycles. The second kappa shape index (κ2) is 5.50. The maximum atomic E-state index is 12.1. The van der Waals surface area contributed by atoms with Gasteiger partial charge in [-0.3, -0.25) is 0 Å². The van der Waals surface area contributed by atoms with Crippen LogP contribution in [0.3, 0.4) is 0 Å². The van der Waals surface area contributed by atoms with Gasteiger partial charge < -0.3 is 10.0 Å². The molecule has 2 aromatic carbocycles. The molecule has 0 radical (unpaired) electrons. The minimum absolute atomic E-state index is 0.751. The highest BCUT2D eigenvalue weighted by Crippen LogP contribution is 2.15. The number of hydrogen-bond donors (Lipinski definition) is 2. The molecular formula is C13H14N2OS. The standard InChI is InChI=1S/C13H14N2OS/c1-14-12-8-5-9-13(10-12)17(16)15-11-6-3-2-4-7-11/h2-10,14-15H,1H3. The van der Waals surface area contributed by atoms with Crippen LogP contribution in [0.1, 0.15) is 0 Å². The summed E-state index contributed by atoms with van der Waals surface area (Å²) in [4.78, 5) is 0.751. The van der Waals surface area contributed by atoms with Gasteiger partial charge in [0.15, 0.2) is 0 Å². The van der Waals surface area contributed by atoms with Crippen LogP contribution in [0.25, 0.3) is 0 Å². The van der Waals surface area contributed by atoms with Crippen LogP contribution < -0.4 is 10.0 Å². The Morgan fingerprint density at radius 2 is 1.65 bits per heavy atom. The number of para-hydroxylation sites is 1. The van der Waals surface area contributed by atoms with Gasteiger partial charge in [0.2, 0.25) is 0 Å². The lowest BCUT2D eigenvalue weighted by molar-refractivity contribution is 0.686. The summed E-state index contributed by atoms with van der Waals surface area (Å²) >= 11 is 0. The molecule has 2 N–H and O–H groups in total. The summed E-state index contributed by atoms with van der Waals surface area (Å²) in [6.45, 7) is 0. The molecule has 0 saturated carbocycles. The topological polar surface area (TPSA) is 41.1 Å². The molecule has 0 aromatic heterocycles. The Balaban J connectivity index is 2.14. The zero-order valence-electron chi connectivity index (χ0n) is 9.51. The van der Waals surface area contributed by atoms with Crippen LogP contribution in [-0.4, -0.2) is 11.3 Å². The maximum absolute atomic E-state index is 12.1. The van der Waals surface area contributed by atoms with Gasteiger partial charge in [-0.2, -0.15) is 0 Å². The highest BCUT2D eigenvalue weighted by atomic mass is 32.2. The zero-order valence-corrected chi connectivity index (χ0v) is 10.3.